The second kappa shape index (κ2) is 5.83. The van der Waals surface area contributed by atoms with Gasteiger partial charge in [0.1, 0.15) is 4.21 Å². The Kier molecular flexibility index (Phi) is 4.65. The highest BCUT2D eigenvalue weighted by Gasteiger charge is 2.20. The van der Waals surface area contributed by atoms with E-state index >= 15 is 0 Å². The van der Waals surface area contributed by atoms with Crippen LogP contribution < -0.4 is 10.5 Å². The highest BCUT2D eigenvalue weighted by Crippen LogP contribution is 2.25. The SMILES string of the molecule is Nc1csc(S(=O)(=O)NCC2CSCCS2)c1. The van der Waals surface area contributed by atoms with Crippen LogP contribution in [0.3, 0.4) is 0 Å². The molecule has 0 amide bonds. The Morgan fingerprint density at radius 2 is 2.29 bits per heavy atom. The minimum Gasteiger partial charge on any atom is -0.398 e. The quantitative estimate of drug-likeness (QED) is 0.881. The Morgan fingerprint density at radius 1 is 1.47 bits per heavy atom. The van der Waals surface area contributed by atoms with Crippen LogP contribution in [0.25, 0.3) is 0 Å². The summed E-state index contributed by atoms with van der Waals surface area (Å²) in [5.41, 5.74) is 6.02. The smallest absolute Gasteiger partial charge is 0.250 e. The van der Waals surface area contributed by atoms with Crippen LogP contribution in [0.5, 0.6) is 0 Å². The summed E-state index contributed by atoms with van der Waals surface area (Å²) in [6.45, 7) is 0.498. The van der Waals surface area contributed by atoms with Crippen LogP contribution in [0, 0.1) is 0 Å². The van der Waals surface area contributed by atoms with Gasteiger partial charge in [-0.15, -0.1) is 11.3 Å². The van der Waals surface area contributed by atoms with E-state index in [4.69, 9.17) is 5.73 Å². The predicted molar refractivity (Wildman–Crippen MR) is 77.5 cm³/mol. The lowest BCUT2D eigenvalue weighted by Crippen LogP contribution is -2.33. The Labute approximate surface area is 114 Å². The molecule has 1 aromatic heterocycles. The molecular weight excluding hydrogens is 296 g/mol. The molecule has 0 radical (unpaired) electrons. The zero-order valence-electron chi connectivity index (χ0n) is 9.09. The maximum atomic E-state index is 11.9. The van der Waals surface area contributed by atoms with Crippen molar-refractivity contribution in [2.75, 3.05) is 29.5 Å². The van der Waals surface area contributed by atoms with Crippen molar-refractivity contribution in [1.29, 1.82) is 0 Å². The van der Waals surface area contributed by atoms with Crippen LogP contribution in [-0.2, 0) is 10.0 Å². The predicted octanol–water partition coefficient (Wildman–Crippen LogP) is 1.46. The van der Waals surface area contributed by atoms with Gasteiger partial charge in [-0.05, 0) is 6.07 Å². The number of hydrogen-bond donors (Lipinski definition) is 2. The molecule has 0 aliphatic carbocycles. The molecular formula is C9H14N2O2S4. The lowest BCUT2D eigenvalue weighted by Gasteiger charge is -2.20. The number of thiophene rings is 1. The highest BCUT2D eigenvalue weighted by molar-refractivity contribution is 8.06. The first kappa shape index (κ1) is 13.5. The van der Waals surface area contributed by atoms with Crippen molar-refractivity contribution in [2.24, 2.45) is 0 Å². The summed E-state index contributed by atoms with van der Waals surface area (Å²) in [7, 11) is -3.37. The lowest BCUT2D eigenvalue weighted by atomic mass is 10.5. The Hall–Kier alpha value is 0.110. The zero-order valence-corrected chi connectivity index (χ0v) is 12.4. The van der Waals surface area contributed by atoms with Crippen LogP contribution in [0.1, 0.15) is 0 Å². The second-order valence-electron chi connectivity index (χ2n) is 3.62. The molecule has 3 N–H and O–H groups in total. The summed E-state index contributed by atoms with van der Waals surface area (Å²) in [4.78, 5) is 0. The van der Waals surface area contributed by atoms with E-state index in [1.54, 1.807) is 5.38 Å². The van der Waals surface area contributed by atoms with Gasteiger partial charge in [-0.25, -0.2) is 13.1 Å². The summed E-state index contributed by atoms with van der Waals surface area (Å²) in [6.07, 6.45) is 0. The van der Waals surface area contributed by atoms with Gasteiger partial charge in [-0.1, -0.05) is 0 Å². The molecule has 8 heteroatoms. The van der Waals surface area contributed by atoms with Crippen LogP contribution in [0.2, 0.25) is 0 Å². The molecule has 1 fully saturated rings. The zero-order chi connectivity index (χ0) is 12.3. The molecule has 0 saturated carbocycles. The summed E-state index contributed by atoms with van der Waals surface area (Å²) < 4.78 is 26.8. The molecule has 0 spiro atoms. The fourth-order valence-electron chi connectivity index (χ4n) is 1.40. The molecule has 0 bridgehead atoms. The molecule has 2 rings (SSSR count). The Morgan fingerprint density at radius 3 is 2.88 bits per heavy atom. The number of anilines is 1. The van der Waals surface area contributed by atoms with Gasteiger partial charge < -0.3 is 5.73 Å². The Balaban J connectivity index is 1.93. The average molecular weight is 310 g/mol. The molecule has 96 valence electrons. The van der Waals surface area contributed by atoms with Crippen LogP contribution in [-0.4, -0.2) is 37.5 Å². The van der Waals surface area contributed by atoms with E-state index in [-0.39, 0.29) is 0 Å². The van der Waals surface area contributed by atoms with Gasteiger partial charge >= 0.3 is 0 Å². The van der Waals surface area contributed by atoms with E-state index < -0.39 is 10.0 Å². The van der Waals surface area contributed by atoms with E-state index in [9.17, 15) is 8.42 Å². The van der Waals surface area contributed by atoms with E-state index in [0.717, 1.165) is 28.6 Å². The number of thioether (sulfide) groups is 2. The van der Waals surface area contributed by atoms with Gasteiger partial charge in [0.15, 0.2) is 0 Å². The first-order valence-electron chi connectivity index (χ1n) is 5.11. The van der Waals surface area contributed by atoms with Crippen LogP contribution in [0.4, 0.5) is 5.69 Å². The molecule has 2 heterocycles. The Bertz CT molecular complexity index is 465. The first-order chi connectivity index (χ1) is 8.08. The summed E-state index contributed by atoms with van der Waals surface area (Å²) >= 11 is 4.87. The van der Waals surface area contributed by atoms with Crippen molar-refractivity contribution in [1.82, 2.24) is 4.72 Å². The van der Waals surface area contributed by atoms with Crippen molar-refractivity contribution in [3.8, 4) is 0 Å². The largest absolute Gasteiger partial charge is 0.398 e. The molecule has 4 nitrogen and oxygen atoms in total. The van der Waals surface area contributed by atoms with Crippen molar-refractivity contribution in [3.63, 3.8) is 0 Å². The number of nitrogens with two attached hydrogens (primary N) is 1. The average Bonchev–Trinajstić information content (AvgIpc) is 2.76. The molecule has 1 unspecified atom stereocenters. The minimum atomic E-state index is -3.37. The molecule has 0 aromatic carbocycles. The summed E-state index contributed by atoms with van der Waals surface area (Å²) in [6, 6.07) is 1.50. The maximum Gasteiger partial charge on any atom is 0.250 e. The van der Waals surface area contributed by atoms with Crippen molar-refractivity contribution in [3.05, 3.63) is 11.4 Å². The summed E-state index contributed by atoms with van der Waals surface area (Å²) in [5, 5.41) is 2.01. The van der Waals surface area contributed by atoms with Gasteiger partial charge in [0.2, 0.25) is 10.0 Å². The van der Waals surface area contributed by atoms with E-state index in [0.29, 0.717) is 21.7 Å². The van der Waals surface area contributed by atoms with Crippen LogP contribution in [0.15, 0.2) is 15.7 Å². The third-order valence-corrected chi connectivity index (χ3v) is 7.97. The van der Waals surface area contributed by atoms with E-state index in [1.165, 1.54) is 6.07 Å². The maximum absolute atomic E-state index is 11.9. The van der Waals surface area contributed by atoms with Gasteiger partial charge in [0.25, 0.3) is 0 Å². The van der Waals surface area contributed by atoms with Crippen molar-refractivity contribution >= 4 is 50.6 Å². The van der Waals surface area contributed by atoms with Gasteiger partial charge in [-0.2, -0.15) is 23.5 Å². The molecule has 1 aliphatic rings. The van der Waals surface area contributed by atoms with Crippen molar-refractivity contribution < 1.29 is 8.42 Å². The number of rotatable bonds is 4. The fourth-order valence-corrected chi connectivity index (χ4v) is 6.32. The van der Waals surface area contributed by atoms with Gasteiger partial charge in [0, 0.05) is 40.1 Å². The topological polar surface area (TPSA) is 72.2 Å². The fraction of sp³-hybridized carbons (Fsp3) is 0.556. The monoisotopic (exact) mass is 310 g/mol. The second-order valence-corrected chi connectivity index (χ2v) is 9.08. The number of nitrogens with one attached hydrogen (secondary N) is 1. The lowest BCUT2D eigenvalue weighted by molar-refractivity contribution is 0.583. The normalized spacial score (nSPS) is 21.5. The number of sulfonamides is 1. The van der Waals surface area contributed by atoms with Crippen molar-refractivity contribution in [2.45, 2.75) is 9.46 Å². The van der Waals surface area contributed by atoms with E-state index in [1.807, 2.05) is 23.5 Å². The molecule has 17 heavy (non-hydrogen) atoms. The van der Waals surface area contributed by atoms with Crippen LogP contribution >= 0.6 is 34.9 Å². The molecule has 1 atom stereocenters. The molecule has 1 saturated heterocycles. The minimum absolute atomic E-state index is 0.295. The van der Waals surface area contributed by atoms with E-state index in [2.05, 4.69) is 4.72 Å². The summed E-state index contributed by atoms with van der Waals surface area (Å²) in [5.74, 6) is 3.28. The molecule has 1 aromatic rings. The van der Waals surface area contributed by atoms with Gasteiger partial charge in [0.05, 0.1) is 0 Å². The number of hydrogen-bond acceptors (Lipinski definition) is 6. The standard InChI is InChI=1S/C9H14N2O2S4/c10-7-3-9(16-5-7)17(12,13)11-4-8-6-14-1-2-15-8/h3,5,8,11H,1-2,4,6,10H2. The third kappa shape index (κ3) is 3.78. The third-order valence-electron chi connectivity index (χ3n) is 2.25. The van der Waals surface area contributed by atoms with Gasteiger partial charge in [-0.3, -0.25) is 0 Å². The highest BCUT2D eigenvalue weighted by atomic mass is 32.2. The molecule has 1 aliphatic heterocycles. The number of nitrogen functional groups attached to an aromatic ring is 1. The first-order valence-corrected chi connectivity index (χ1v) is 9.67.